The number of nitrogens with one attached hydrogen (secondary N) is 1. The third kappa shape index (κ3) is 6.92. The van der Waals surface area contributed by atoms with Gasteiger partial charge in [-0.2, -0.15) is 0 Å². The topological polar surface area (TPSA) is 55.4 Å². The Bertz CT molecular complexity index is 419. The number of hydrogen-bond donors (Lipinski definition) is 1. The van der Waals surface area contributed by atoms with Crippen molar-refractivity contribution in [3.63, 3.8) is 0 Å². The summed E-state index contributed by atoms with van der Waals surface area (Å²) < 4.78 is 5.06. The van der Waals surface area contributed by atoms with Gasteiger partial charge in [-0.25, -0.2) is 0 Å². The fourth-order valence-corrected chi connectivity index (χ4v) is 1.64. The maximum Gasteiger partial charge on any atom is 0.298 e. The molecule has 0 aliphatic heterocycles. The second-order valence-electron chi connectivity index (χ2n) is 4.79. The number of hydrogen-bond acceptors (Lipinski definition) is 4. The molecule has 1 N–H and O–H groups in total. The normalized spacial score (nSPS) is 14.8. The van der Waals surface area contributed by atoms with Crippen molar-refractivity contribution in [2.24, 2.45) is 5.92 Å². The first-order valence-electron chi connectivity index (χ1n) is 6.76. The second kappa shape index (κ2) is 10.0. The number of carbonyl (C=O) groups excluding carboxylic acids is 2. The number of allylic oxidation sites excluding steroid dienone is 5. The highest BCUT2D eigenvalue weighted by molar-refractivity contribution is 5.93. The van der Waals surface area contributed by atoms with Crippen LogP contribution in [0.2, 0.25) is 0 Å². The summed E-state index contributed by atoms with van der Waals surface area (Å²) >= 11 is 0. The van der Waals surface area contributed by atoms with Crippen LogP contribution in [0, 0.1) is 5.92 Å². The first-order chi connectivity index (χ1) is 9.43. The van der Waals surface area contributed by atoms with E-state index in [1.165, 1.54) is 6.92 Å². The predicted octanol–water partition coefficient (Wildman–Crippen LogP) is 3.12. The Labute approximate surface area is 121 Å². The summed E-state index contributed by atoms with van der Waals surface area (Å²) in [6.07, 6.45) is 7.43. The third-order valence-corrected chi connectivity index (χ3v) is 3.20. The highest BCUT2D eigenvalue weighted by Gasteiger charge is 2.11. The first-order valence-corrected chi connectivity index (χ1v) is 6.76. The van der Waals surface area contributed by atoms with Crippen LogP contribution in [-0.4, -0.2) is 19.3 Å². The van der Waals surface area contributed by atoms with E-state index in [1.54, 1.807) is 13.0 Å². The predicted molar refractivity (Wildman–Crippen MR) is 80.9 cm³/mol. The maximum atomic E-state index is 11.3. The highest BCUT2D eigenvalue weighted by Crippen LogP contribution is 2.20. The molecule has 0 spiro atoms. The average Bonchev–Trinajstić information content (AvgIpc) is 2.41. The Morgan fingerprint density at radius 1 is 1.30 bits per heavy atom. The molecule has 0 aliphatic carbocycles. The van der Waals surface area contributed by atoms with Crippen LogP contribution >= 0.6 is 0 Å². The molecule has 0 bridgehead atoms. The van der Waals surface area contributed by atoms with Gasteiger partial charge in [0.15, 0.2) is 5.78 Å². The quantitative estimate of drug-likeness (QED) is 0.305. The van der Waals surface area contributed by atoms with E-state index >= 15 is 0 Å². The van der Waals surface area contributed by atoms with Gasteiger partial charge in [0.2, 0.25) is 0 Å². The van der Waals surface area contributed by atoms with Gasteiger partial charge >= 0.3 is 0 Å². The molecule has 1 atom stereocenters. The Kier molecular flexibility index (Phi) is 9.09. The molecule has 0 saturated carbocycles. The summed E-state index contributed by atoms with van der Waals surface area (Å²) in [5, 5.41) is 2.93. The number of ketones is 1. The van der Waals surface area contributed by atoms with E-state index in [9.17, 15) is 9.59 Å². The van der Waals surface area contributed by atoms with Crippen LogP contribution in [-0.2, 0) is 14.3 Å². The van der Waals surface area contributed by atoms with Gasteiger partial charge in [-0.05, 0) is 57.0 Å². The third-order valence-electron chi connectivity index (χ3n) is 3.20. The van der Waals surface area contributed by atoms with Gasteiger partial charge in [0.25, 0.3) is 6.47 Å². The summed E-state index contributed by atoms with van der Waals surface area (Å²) in [6.45, 7) is 7.57. The van der Waals surface area contributed by atoms with Gasteiger partial charge in [-0.1, -0.05) is 13.0 Å². The zero-order chi connectivity index (χ0) is 15.5. The largest absolute Gasteiger partial charge is 0.433 e. The molecule has 0 fully saturated rings. The number of carbonyl (C=O) groups is 2. The van der Waals surface area contributed by atoms with E-state index < -0.39 is 0 Å². The van der Waals surface area contributed by atoms with Crippen molar-refractivity contribution in [2.45, 2.75) is 40.5 Å². The summed E-state index contributed by atoms with van der Waals surface area (Å²) in [5.74, 6) is 0.723. The minimum absolute atomic E-state index is 0.0220. The van der Waals surface area contributed by atoms with Crippen LogP contribution < -0.4 is 5.32 Å². The Morgan fingerprint density at radius 2 is 1.95 bits per heavy atom. The fourth-order valence-electron chi connectivity index (χ4n) is 1.64. The lowest BCUT2D eigenvalue weighted by Crippen LogP contribution is -2.04. The smallest absolute Gasteiger partial charge is 0.298 e. The zero-order valence-corrected chi connectivity index (χ0v) is 13.0. The molecule has 0 aromatic carbocycles. The molecule has 0 aromatic rings. The fraction of sp³-hybridized carbons (Fsp3) is 0.500. The SMILES string of the molecule is CN/C=C/CCC(C)/C(=C/C(C)=C(\C)C(C)=O)OC=O. The molecule has 4 nitrogen and oxygen atoms in total. The van der Waals surface area contributed by atoms with Crippen LogP contribution in [0.25, 0.3) is 0 Å². The molecule has 0 amide bonds. The Balaban J connectivity index is 4.94. The van der Waals surface area contributed by atoms with Gasteiger partial charge in [0, 0.05) is 13.0 Å². The molecule has 1 unspecified atom stereocenters. The van der Waals surface area contributed by atoms with Crippen molar-refractivity contribution in [3.8, 4) is 0 Å². The molecule has 0 aliphatic rings. The molecule has 0 saturated heterocycles. The van der Waals surface area contributed by atoms with E-state index in [1.807, 2.05) is 33.2 Å². The standard InChI is InChI=1S/C16H25NO3/c1-12(8-6-7-9-17-5)16(20-11-18)10-13(2)14(3)15(4)19/h7,9-12,17H,6,8H2,1-5H3/b9-7+,14-13+,16-10-. The van der Waals surface area contributed by atoms with E-state index in [-0.39, 0.29) is 11.7 Å². The summed E-state index contributed by atoms with van der Waals surface area (Å²) in [5.41, 5.74) is 1.51. The molecule has 0 radical (unpaired) electrons. The molecule has 0 aromatic heterocycles. The van der Waals surface area contributed by atoms with Crippen molar-refractivity contribution < 1.29 is 14.3 Å². The van der Waals surface area contributed by atoms with Crippen LogP contribution in [0.1, 0.15) is 40.5 Å². The second-order valence-corrected chi connectivity index (χ2v) is 4.79. The molecular weight excluding hydrogens is 254 g/mol. The molecule has 0 rings (SSSR count). The van der Waals surface area contributed by atoms with Crippen molar-refractivity contribution in [1.82, 2.24) is 5.32 Å². The van der Waals surface area contributed by atoms with Gasteiger partial charge < -0.3 is 10.1 Å². The lowest BCUT2D eigenvalue weighted by molar-refractivity contribution is -0.125. The minimum Gasteiger partial charge on any atom is -0.433 e. The van der Waals surface area contributed by atoms with Crippen LogP contribution in [0.4, 0.5) is 0 Å². The average molecular weight is 279 g/mol. The molecule has 112 valence electrons. The van der Waals surface area contributed by atoms with Gasteiger partial charge in [-0.3, -0.25) is 9.59 Å². The van der Waals surface area contributed by atoms with Crippen molar-refractivity contribution in [1.29, 1.82) is 0 Å². The molecule has 20 heavy (non-hydrogen) atoms. The highest BCUT2D eigenvalue weighted by atomic mass is 16.5. The summed E-state index contributed by atoms with van der Waals surface area (Å²) in [4.78, 5) is 21.9. The summed E-state index contributed by atoms with van der Waals surface area (Å²) in [6, 6.07) is 0. The maximum absolute atomic E-state index is 11.3. The van der Waals surface area contributed by atoms with E-state index in [2.05, 4.69) is 5.32 Å². The van der Waals surface area contributed by atoms with Gasteiger partial charge in [0.1, 0.15) is 5.76 Å². The van der Waals surface area contributed by atoms with E-state index in [4.69, 9.17) is 4.74 Å². The number of Topliss-reactive ketones (excluding diaryl/α,β-unsaturated/α-hetero) is 1. The van der Waals surface area contributed by atoms with Crippen LogP contribution in [0.5, 0.6) is 0 Å². The summed E-state index contributed by atoms with van der Waals surface area (Å²) in [7, 11) is 1.85. The van der Waals surface area contributed by atoms with Gasteiger partial charge in [0.05, 0.1) is 0 Å². The number of rotatable bonds is 9. The Morgan fingerprint density at radius 3 is 2.45 bits per heavy atom. The van der Waals surface area contributed by atoms with Crippen molar-refractivity contribution in [3.05, 3.63) is 35.3 Å². The Hall–Kier alpha value is -1.84. The molecular formula is C16H25NO3. The van der Waals surface area contributed by atoms with Crippen molar-refractivity contribution >= 4 is 12.3 Å². The van der Waals surface area contributed by atoms with Gasteiger partial charge in [-0.15, -0.1) is 0 Å². The van der Waals surface area contributed by atoms with Crippen molar-refractivity contribution in [2.75, 3.05) is 7.05 Å². The number of ether oxygens (including phenoxy) is 1. The monoisotopic (exact) mass is 279 g/mol. The van der Waals surface area contributed by atoms with Crippen LogP contribution in [0.3, 0.4) is 0 Å². The van der Waals surface area contributed by atoms with Crippen LogP contribution in [0.15, 0.2) is 35.3 Å². The van der Waals surface area contributed by atoms with E-state index in [0.29, 0.717) is 17.8 Å². The van der Waals surface area contributed by atoms with E-state index in [0.717, 1.165) is 18.4 Å². The molecule has 4 heteroatoms. The zero-order valence-electron chi connectivity index (χ0n) is 13.0. The lowest BCUT2D eigenvalue weighted by atomic mass is 9.99. The minimum atomic E-state index is 0.0220. The molecule has 0 heterocycles. The lowest BCUT2D eigenvalue weighted by Gasteiger charge is -2.13. The first kappa shape index (κ1) is 18.2.